The Morgan fingerprint density at radius 2 is 0.345 bits per heavy atom. The van der Waals surface area contributed by atoms with Gasteiger partial charge in [0.05, 0.1) is 0 Å². The molecular formula is C9H4Cl18N2. The van der Waals surface area contributed by atoms with Gasteiger partial charge in [-0.25, -0.2) is 0 Å². The Morgan fingerprint density at radius 3 is 0.448 bits per heavy atom. The summed E-state index contributed by atoms with van der Waals surface area (Å²) in [5.74, 6) is 0. The Morgan fingerprint density at radius 1 is 0.241 bits per heavy atom. The molecule has 176 valence electrons. The van der Waals surface area contributed by atoms with Crippen LogP contribution in [0.25, 0.3) is 0 Å². The molecule has 0 fully saturated rings. The van der Waals surface area contributed by atoms with Crippen LogP contribution in [0.4, 0.5) is 0 Å². The summed E-state index contributed by atoms with van der Waals surface area (Å²) < 4.78 is -26.0. The van der Waals surface area contributed by atoms with Gasteiger partial charge in [0.1, 0.15) is 0 Å². The maximum Gasteiger partial charge on any atom is 0.202 e. The average molecular weight is 778 g/mol. The van der Waals surface area contributed by atoms with Gasteiger partial charge < -0.3 is 0 Å². The van der Waals surface area contributed by atoms with Gasteiger partial charge in [-0.1, -0.05) is 209 Å². The molecule has 20 heteroatoms. The van der Waals surface area contributed by atoms with Crippen LogP contribution in [0.15, 0.2) is 0 Å². The fraction of sp³-hybridized carbons (Fsp3) is 1.00. The minimum Gasteiger partial charge on any atom is -0.298 e. The number of alkyl halides is 18. The molecule has 2 nitrogen and oxygen atoms in total. The Bertz CT molecular complexity index is 558. The number of hydrogen-bond acceptors (Lipinski definition) is 2. The van der Waals surface area contributed by atoms with Crippen molar-refractivity contribution in [2.75, 3.05) is 0 Å². The smallest absolute Gasteiger partial charge is 0.202 e. The van der Waals surface area contributed by atoms with Crippen LogP contribution in [-0.2, 0) is 0 Å². The van der Waals surface area contributed by atoms with Crippen LogP contribution < -0.4 is 11.5 Å². The topological polar surface area (TPSA) is 52.0 Å². The number of hydrogen-bond donors (Lipinski definition) is 2. The molecule has 0 spiro atoms. The first-order valence-electron chi connectivity index (χ1n) is 5.98. The van der Waals surface area contributed by atoms with E-state index in [9.17, 15) is 0 Å². The van der Waals surface area contributed by atoms with E-state index in [1.54, 1.807) is 0 Å². The highest BCUT2D eigenvalue weighted by Gasteiger charge is 2.82. The predicted molar refractivity (Wildman–Crippen MR) is 138 cm³/mol. The minimum atomic E-state index is -3.10. The average Bonchev–Trinajstić information content (AvgIpc) is 2.43. The van der Waals surface area contributed by atoms with Gasteiger partial charge in [0.25, 0.3) is 0 Å². The molecule has 0 aromatic heterocycles. The van der Waals surface area contributed by atoms with Crippen LogP contribution in [0, 0.1) is 0 Å². The molecule has 0 saturated heterocycles. The van der Waals surface area contributed by atoms with E-state index in [0.29, 0.717) is 0 Å². The molecule has 0 aliphatic heterocycles. The quantitative estimate of drug-likeness (QED) is 0.191. The van der Waals surface area contributed by atoms with Crippen molar-refractivity contribution in [3.05, 3.63) is 0 Å². The zero-order valence-electron chi connectivity index (χ0n) is 12.5. The summed E-state index contributed by atoms with van der Waals surface area (Å²) in [5, 5.41) is 0. The van der Waals surface area contributed by atoms with Crippen molar-refractivity contribution >= 4 is 209 Å². The van der Waals surface area contributed by atoms with E-state index in [1.807, 2.05) is 0 Å². The van der Waals surface area contributed by atoms with Crippen molar-refractivity contribution in [1.82, 2.24) is 0 Å². The Hall–Kier alpha value is 5.14. The maximum atomic E-state index is 6.21. The molecule has 0 radical (unpaired) electrons. The normalized spacial score (nSPS) is 17.0. The molecule has 0 amide bonds. The lowest BCUT2D eigenvalue weighted by molar-refractivity contribution is 0.430. The Kier molecular flexibility index (Phi) is 11.5. The van der Waals surface area contributed by atoms with Crippen molar-refractivity contribution in [2.45, 2.75) is 39.2 Å². The first-order valence-corrected chi connectivity index (χ1v) is 12.8. The highest BCUT2D eigenvalue weighted by molar-refractivity contribution is 6.81. The van der Waals surface area contributed by atoms with Crippen LogP contribution in [-0.4, -0.2) is 39.2 Å². The third-order valence-corrected chi connectivity index (χ3v) is 15.4. The first-order chi connectivity index (χ1) is 12.0. The number of nitrogens with two attached hydrogens (primary N) is 2. The standard InChI is InChI=1S/C9H4Cl18N2/c10-1(11,2(12,13)4(16,17)6(20,21)8(24,25)28)3(14,15)5(18,19)7(22,23)9(26,27)29/h28-29H2. The molecular weight excluding hydrogens is 774 g/mol. The van der Waals surface area contributed by atoms with Gasteiger partial charge in [0, 0.05) is 0 Å². The second kappa shape index (κ2) is 9.79. The van der Waals surface area contributed by atoms with E-state index >= 15 is 0 Å². The molecule has 4 N–H and O–H groups in total. The van der Waals surface area contributed by atoms with Gasteiger partial charge >= 0.3 is 0 Å². The van der Waals surface area contributed by atoms with Gasteiger partial charge in [0.2, 0.25) is 8.91 Å². The summed E-state index contributed by atoms with van der Waals surface area (Å²) in [5.41, 5.74) is 10.9. The van der Waals surface area contributed by atoms with Crippen molar-refractivity contribution in [3.8, 4) is 0 Å². The van der Waals surface area contributed by atoms with Crippen LogP contribution in [0.5, 0.6) is 0 Å². The largest absolute Gasteiger partial charge is 0.298 e. The summed E-state index contributed by atoms with van der Waals surface area (Å²) in [6.07, 6.45) is 0. The van der Waals surface area contributed by atoms with E-state index in [-0.39, 0.29) is 0 Å². The molecule has 0 aliphatic rings. The molecule has 0 rings (SSSR count). The second-order valence-electron chi connectivity index (χ2n) is 5.27. The predicted octanol–water partition coefficient (Wildman–Crippen LogP) is 9.38. The molecule has 0 bridgehead atoms. The summed E-state index contributed by atoms with van der Waals surface area (Å²) in [6.45, 7) is 0. The van der Waals surface area contributed by atoms with Crippen LogP contribution >= 0.6 is 209 Å². The maximum absolute atomic E-state index is 6.21. The molecule has 0 aromatic carbocycles. The van der Waals surface area contributed by atoms with Gasteiger partial charge in [-0.3, -0.25) is 11.5 Å². The molecule has 0 atom stereocenters. The summed E-state index contributed by atoms with van der Waals surface area (Å²) in [7, 11) is 0. The van der Waals surface area contributed by atoms with Gasteiger partial charge in [-0.05, 0) is 0 Å². The molecule has 0 heterocycles. The fourth-order valence-electron chi connectivity index (χ4n) is 1.40. The molecule has 0 unspecified atom stereocenters. The Balaban J connectivity index is 6.82. The summed E-state index contributed by atoms with van der Waals surface area (Å²) >= 11 is 108. The number of rotatable bonds is 8. The van der Waals surface area contributed by atoms with E-state index in [4.69, 9.17) is 220 Å². The third-order valence-electron chi connectivity index (χ3n) is 3.20. The van der Waals surface area contributed by atoms with Crippen molar-refractivity contribution < 1.29 is 0 Å². The van der Waals surface area contributed by atoms with Gasteiger partial charge in [-0.2, -0.15) is 0 Å². The Labute approximate surface area is 256 Å². The highest BCUT2D eigenvalue weighted by atomic mass is 35.6. The lowest BCUT2D eigenvalue weighted by atomic mass is 10.0. The lowest BCUT2D eigenvalue weighted by Crippen LogP contribution is -2.73. The lowest BCUT2D eigenvalue weighted by Gasteiger charge is -2.55. The van der Waals surface area contributed by atoms with Crippen molar-refractivity contribution in [2.24, 2.45) is 11.5 Å². The SMILES string of the molecule is NC(Cl)(Cl)C(Cl)(Cl)C(Cl)(Cl)C(Cl)(Cl)C(Cl)(Cl)C(Cl)(Cl)C(Cl)(Cl)C(Cl)(Cl)C(N)(Cl)Cl. The van der Waals surface area contributed by atoms with Crippen LogP contribution in [0.1, 0.15) is 0 Å². The van der Waals surface area contributed by atoms with Gasteiger partial charge in [0.15, 0.2) is 30.3 Å². The van der Waals surface area contributed by atoms with E-state index in [1.165, 1.54) is 0 Å². The van der Waals surface area contributed by atoms with E-state index < -0.39 is 39.2 Å². The van der Waals surface area contributed by atoms with Crippen molar-refractivity contribution in [1.29, 1.82) is 0 Å². The monoisotopic (exact) mass is 769 g/mol. The van der Waals surface area contributed by atoms with Gasteiger partial charge in [-0.15, -0.1) is 0 Å². The molecule has 29 heavy (non-hydrogen) atoms. The zero-order chi connectivity index (χ0) is 24.5. The van der Waals surface area contributed by atoms with Crippen LogP contribution in [0.2, 0.25) is 0 Å². The summed E-state index contributed by atoms with van der Waals surface area (Å²) in [6, 6.07) is 0. The number of halogens is 18. The second-order valence-corrected chi connectivity index (χ2v) is 17.3. The van der Waals surface area contributed by atoms with Crippen LogP contribution in [0.3, 0.4) is 0 Å². The van der Waals surface area contributed by atoms with E-state index in [0.717, 1.165) is 0 Å². The van der Waals surface area contributed by atoms with Crippen molar-refractivity contribution in [3.63, 3.8) is 0 Å². The summed E-state index contributed by atoms with van der Waals surface area (Å²) in [4.78, 5) is 0. The first kappa shape index (κ1) is 34.1. The zero-order valence-corrected chi connectivity index (χ0v) is 26.1. The molecule has 0 aromatic rings. The fourth-order valence-corrected chi connectivity index (χ4v) is 6.76. The van der Waals surface area contributed by atoms with E-state index in [2.05, 4.69) is 0 Å². The highest BCUT2D eigenvalue weighted by Crippen LogP contribution is 2.72. The molecule has 0 aliphatic carbocycles. The minimum absolute atomic E-state index is 2.61. The third kappa shape index (κ3) is 5.40. The molecule has 0 saturated carbocycles.